The molecule has 0 aliphatic carbocycles. The number of piperazine rings is 1. The molecule has 0 saturated carbocycles. The van der Waals surface area contributed by atoms with Crippen LogP contribution in [0, 0.1) is 17.7 Å². The Labute approximate surface area is 222 Å². The molecule has 2 heterocycles. The van der Waals surface area contributed by atoms with Crippen molar-refractivity contribution in [1.29, 1.82) is 0 Å². The zero-order valence-electron chi connectivity index (χ0n) is 20.9. The number of anilines is 1. The van der Waals surface area contributed by atoms with Gasteiger partial charge in [0.2, 0.25) is 5.91 Å². The topological polar surface area (TPSA) is 90.6 Å². The highest BCUT2D eigenvalue weighted by molar-refractivity contribution is 6.05. The van der Waals surface area contributed by atoms with Gasteiger partial charge < -0.3 is 19.9 Å². The summed E-state index contributed by atoms with van der Waals surface area (Å²) in [7, 11) is 0. The lowest BCUT2D eigenvalue weighted by Gasteiger charge is -2.34. The fraction of sp³-hybridized carbons (Fsp3) is 0.296. The molecule has 0 bridgehead atoms. The van der Waals surface area contributed by atoms with Gasteiger partial charge >= 0.3 is 12.1 Å². The molecular weight excluding hydrogens is 518 g/mol. The van der Waals surface area contributed by atoms with Crippen molar-refractivity contribution in [3.63, 3.8) is 0 Å². The maximum absolute atomic E-state index is 13.4. The molecule has 4 rings (SSSR count). The number of imidazole rings is 1. The summed E-state index contributed by atoms with van der Waals surface area (Å²) in [5.74, 6) is 3.99. The van der Waals surface area contributed by atoms with Gasteiger partial charge in [-0.25, -0.2) is 9.37 Å². The van der Waals surface area contributed by atoms with Crippen molar-refractivity contribution in [2.24, 2.45) is 0 Å². The predicted molar refractivity (Wildman–Crippen MR) is 135 cm³/mol. The molecule has 1 aliphatic heterocycles. The maximum atomic E-state index is 13.4. The highest BCUT2D eigenvalue weighted by Crippen LogP contribution is 2.33. The second-order valence-electron chi connectivity index (χ2n) is 8.76. The van der Waals surface area contributed by atoms with E-state index in [9.17, 15) is 27.2 Å². The van der Waals surface area contributed by atoms with Crippen molar-refractivity contribution in [2.75, 3.05) is 44.6 Å². The number of ether oxygens (including phenoxy) is 1. The van der Waals surface area contributed by atoms with E-state index < -0.39 is 23.6 Å². The summed E-state index contributed by atoms with van der Waals surface area (Å²) in [6.45, 7) is 5.00. The van der Waals surface area contributed by atoms with Crippen LogP contribution in [-0.4, -0.2) is 70.9 Å². The van der Waals surface area contributed by atoms with Gasteiger partial charge in [0.1, 0.15) is 29.7 Å². The van der Waals surface area contributed by atoms with Crippen molar-refractivity contribution in [2.45, 2.75) is 13.1 Å². The van der Waals surface area contributed by atoms with Gasteiger partial charge in [0, 0.05) is 56.7 Å². The molecule has 1 aromatic heterocycles. The molecule has 1 saturated heterocycles. The fourth-order valence-corrected chi connectivity index (χ4v) is 3.93. The minimum absolute atomic E-state index is 0.0331. The molecule has 1 fully saturated rings. The zero-order chi connectivity index (χ0) is 28.0. The summed E-state index contributed by atoms with van der Waals surface area (Å²) in [6.07, 6.45) is -3.90. The van der Waals surface area contributed by atoms with Crippen LogP contribution in [-0.2, 0) is 15.8 Å². The Bertz CT molecular complexity index is 1400. The Kier molecular flexibility index (Phi) is 8.51. The smallest absolute Gasteiger partial charge is 0.432 e. The SMILES string of the molecule is CC(=O)N1CCN(CCOc2ccc(-c3ncc(C(F)(F)F)[nH]3)cc2NC(=O)C#Cc2cccc(F)c2)CC1. The number of amides is 2. The highest BCUT2D eigenvalue weighted by Gasteiger charge is 2.33. The Morgan fingerprint density at radius 3 is 2.56 bits per heavy atom. The molecule has 2 amide bonds. The summed E-state index contributed by atoms with van der Waals surface area (Å²) < 4.78 is 58.4. The van der Waals surface area contributed by atoms with E-state index in [1.54, 1.807) is 11.0 Å². The lowest BCUT2D eigenvalue weighted by Crippen LogP contribution is -2.48. The summed E-state index contributed by atoms with van der Waals surface area (Å²) in [4.78, 5) is 34.0. The molecule has 39 heavy (non-hydrogen) atoms. The lowest BCUT2D eigenvalue weighted by molar-refractivity contribution is -0.140. The molecule has 1 aliphatic rings. The maximum Gasteiger partial charge on any atom is 0.432 e. The summed E-state index contributed by atoms with van der Waals surface area (Å²) in [5, 5.41) is 2.60. The lowest BCUT2D eigenvalue weighted by atomic mass is 10.1. The van der Waals surface area contributed by atoms with Gasteiger partial charge in [-0.3, -0.25) is 14.5 Å². The van der Waals surface area contributed by atoms with E-state index in [0.29, 0.717) is 44.5 Å². The number of aromatic nitrogens is 2. The number of hydrogen-bond donors (Lipinski definition) is 2. The molecule has 3 aromatic rings. The van der Waals surface area contributed by atoms with E-state index >= 15 is 0 Å². The van der Waals surface area contributed by atoms with Gasteiger partial charge in [0.25, 0.3) is 0 Å². The third-order valence-corrected chi connectivity index (χ3v) is 6.01. The average molecular weight is 544 g/mol. The molecule has 2 N–H and O–H groups in total. The normalized spacial score (nSPS) is 13.9. The number of nitrogens with one attached hydrogen (secondary N) is 2. The van der Waals surface area contributed by atoms with Crippen LogP contribution in [0.25, 0.3) is 11.4 Å². The third-order valence-electron chi connectivity index (χ3n) is 6.01. The minimum Gasteiger partial charge on any atom is -0.490 e. The number of halogens is 4. The van der Waals surface area contributed by atoms with Crippen LogP contribution in [0.2, 0.25) is 0 Å². The number of rotatable bonds is 6. The van der Waals surface area contributed by atoms with Gasteiger partial charge in [-0.2, -0.15) is 13.2 Å². The summed E-state index contributed by atoms with van der Waals surface area (Å²) in [5.41, 5.74) is -0.242. The van der Waals surface area contributed by atoms with Crippen molar-refractivity contribution < 1.29 is 31.9 Å². The van der Waals surface area contributed by atoms with Crippen molar-refractivity contribution in [3.05, 3.63) is 65.7 Å². The van der Waals surface area contributed by atoms with Crippen LogP contribution >= 0.6 is 0 Å². The first kappa shape index (κ1) is 27.7. The molecule has 0 radical (unpaired) electrons. The number of hydrogen-bond acceptors (Lipinski definition) is 5. The number of aromatic amines is 1. The number of carbonyl (C=O) groups is 2. The average Bonchev–Trinajstić information content (AvgIpc) is 3.40. The zero-order valence-corrected chi connectivity index (χ0v) is 20.9. The second-order valence-corrected chi connectivity index (χ2v) is 8.76. The van der Waals surface area contributed by atoms with Gasteiger partial charge in [0.15, 0.2) is 0 Å². The Hall–Kier alpha value is -4.37. The largest absolute Gasteiger partial charge is 0.490 e. The van der Waals surface area contributed by atoms with E-state index in [4.69, 9.17) is 4.74 Å². The van der Waals surface area contributed by atoms with Gasteiger partial charge in [-0.1, -0.05) is 12.0 Å². The number of H-pyrrole nitrogens is 1. The fourth-order valence-electron chi connectivity index (χ4n) is 3.93. The highest BCUT2D eigenvalue weighted by atomic mass is 19.4. The number of carbonyl (C=O) groups excluding carboxylic acids is 2. The molecule has 0 spiro atoms. The van der Waals surface area contributed by atoms with Crippen molar-refractivity contribution in [1.82, 2.24) is 19.8 Å². The molecule has 204 valence electrons. The molecular formula is C27H25F4N5O3. The van der Waals surface area contributed by atoms with Crippen LogP contribution in [0.3, 0.4) is 0 Å². The molecule has 0 unspecified atom stereocenters. The molecule has 8 nitrogen and oxygen atoms in total. The first-order chi connectivity index (χ1) is 18.6. The number of benzene rings is 2. The standard InChI is InChI=1S/C27H25F4N5O3/c1-18(37)36-11-9-35(10-12-36)13-14-39-23-7-6-20(26-32-17-24(34-26)27(29,30)31)16-22(23)33-25(38)8-5-19-3-2-4-21(28)15-19/h2-4,6-7,15-17H,9-14H2,1H3,(H,32,34)(H,33,38). The molecule has 0 atom stereocenters. The monoisotopic (exact) mass is 543 g/mol. The molecule has 2 aromatic carbocycles. The number of nitrogens with zero attached hydrogens (tertiary/aromatic N) is 3. The van der Waals surface area contributed by atoms with E-state index in [2.05, 4.69) is 32.0 Å². The van der Waals surface area contributed by atoms with Crippen LogP contribution < -0.4 is 10.1 Å². The van der Waals surface area contributed by atoms with E-state index in [-0.39, 0.29) is 35.3 Å². The minimum atomic E-state index is -4.59. The van der Waals surface area contributed by atoms with Crippen LogP contribution in [0.4, 0.5) is 23.2 Å². The van der Waals surface area contributed by atoms with Crippen LogP contribution in [0.1, 0.15) is 18.2 Å². The first-order valence-corrected chi connectivity index (χ1v) is 12.0. The molecule has 12 heteroatoms. The quantitative estimate of drug-likeness (QED) is 0.365. The van der Waals surface area contributed by atoms with Crippen LogP contribution in [0.5, 0.6) is 5.75 Å². The Morgan fingerprint density at radius 2 is 1.90 bits per heavy atom. The van der Waals surface area contributed by atoms with Crippen molar-refractivity contribution >= 4 is 17.5 Å². The van der Waals surface area contributed by atoms with Gasteiger partial charge in [0.05, 0.1) is 11.9 Å². The first-order valence-electron chi connectivity index (χ1n) is 12.0. The van der Waals surface area contributed by atoms with Gasteiger partial charge in [-0.15, -0.1) is 0 Å². The summed E-state index contributed by atoms with van der Waals surface area (Å²) in [6, 6.07) is 9.92. The van der Waals surface area contributed by atoms with E-state index in [1.807, 2.05) is 0 Å². The number of alkyl halides is 3. The van der Waals surface area contributed by atoms with Crippen molar-refractivity contribution in [3.8, 4) is 29.0 Å². The Morgan fingerprint density at radius 1 is 1.13 bits per heavy atom. The third kappa shape index (κ3) is 7.58. The van der Waals surface area contributed by atoms with E-state index in [0.717, 1.165) is 0 Å². The predicted octanol–water partition coefficient (Wildman–Crippen LogP) is 3.77. The van der Waals surface area contributed by atoms with Crippen LogP contribution in [0.15, 0.2) is 48.7 Å². The Balaban J connectivity index is 1.49. The second kappa shape index (κ2) is 12.0. The summed E-state index contributed by atoms with van der Waals surface area (Å²) >= 11 is 0. The van der Waals surface area contributed by atoms with E-state index in [1.165, 1.54) is 43.3 Å². The van der Waals surface area contributed by atoms with Gasteiger partial charge in [-0.05, 0) is 36.4 Å².